The lowest BCUT2D eigenvalue weighted by molar-refractivity contribution is -0.114. The van der Waals surface area contributed by atoms with Gasteiger partial charge >= 0.3 is 0 Å². The lowest BCUT2D eigenvalue weighted by Crippen LogP contribution is -2.18. The molecular weight excluding hydrogens is 366 g/mol. The van der Waals surface area contributed by atoms with Crippen molar-refractivity contribution in [3.8, 4) is 5.75 Å². The molecule has 0 spiro atoms. The van der Waals surface area contributed by atoms with Crippen LogP contribution in [0.15, 0.2) is 58.5 Å². The summed E-state index contributed by atoms with van der Waals surface area (Å²) in [5.74, 6) is 0.961. The van der Waals surface area contributed by atoms with Crippen LogP contribution >= 0.6 is 0 Å². The van der Waals surface area contributed by atoms with E-state index in [1.54, 1.807) is 24.3 Å². The predicted octanol–water partition coefficient (Wildman–Crippen LogP) is 2.99. The number of carbonyl (C=O) groups is 1. The van der Waals surface area contributed by atoms with Crippen molar-refractivity contribution < 1.29 is 17.9 Å². The maximum Gasteiger partial charge on any atom is 0.276 e. The van der Waals surface area contributed by atoms with Crippen molar-refractivity contribution in [2.24, 2.45) is 11.0 Å². The number of sulfonamides is 1. The Morgan fingerprint density at radius 3 is 2.30 bits per heavy atom. The Bertz CT molecular complexity index is 890. The molecule has 0 heterocycles. The Kier molecular flexibility index (Phi) is 6.95. The van der Waals surface area contributed by atoms with Crippen LogP contribution in [0.25, 0.3) is 0 Å². The summed E-state index contributed by atoms with van der Waals surface area (Å²) in [4.78, 5) is 13.2. The predicted molar refractivity (Wildman–Crippen MR) is 105 cm³/mol. The van der Waals surface area contributed by atoms with Gasteiger partial charge in [0.2, 0.25) is 5.91 Å². The molecule has 8 heteroatoms. The topological polar surface area (TPSA) is 96.9 Å². The highest BCUT2D eigenvalue weighted by atomic mass is 32.2. The average Bonchev–Trinajstić information content (AvgIpc) is 2.61. The Hall–Kier alpha value is -2.87. The summed E-state index contributed by atoms with van der Waals surface area (Å²) in [5.41, 5.74) is 1.25. The molecule has 0 saturated carbocycles. The van der Waals surface area contributed by atoms with E-state index in [2.05, 4.69) is 29.1 Å². The van der Waals surface area contributed by atoms with Crippen LogP contribution in [0.1, 0.15) is 26.3 Å². The fraction of sp³-hybridized carbons (Fsp3) is 0.263. The first-order valence-corrected chi connectivity index (χ1v) is 9.90. The third-order valence-corrected chi connectivity index (χ3v) is 4.57. The molecule has 0 aromatic heterocycles. The van der Waals surface area contributed by atoms with E-state index in [0.29, 0.717) is 18.2 Å². The number of hydrazone groups is 1. The second-order valence-electron chi connectivity index (χ2n) is 6.33. The van der Waals surface area contributed by atoms with Gasteiger partial charge in [0.1, 0.15) is 5.75 Å². The number of hydrogen-bond acceptors (Lipinski definition) is 5. The summed E-state index contributed by atoms with van der Waals surface area (Å²) in [5, 5.41) is 6.36. The number of benzene rings is 2. The van der Waals surface area contributed by atoms with E-state index < -0.39 is 10.0 Å². The van der Waals surface area contributed by atoms with E-state index in [0.717, 1.165) is 11.3 Å². The molecule has 0 aliphatic carbocycles. The molecule has 1 amide bonds. The highest BCUT2D eigenvalue weighted by molar-refractivity contribution is 7.89. The first-order chi connectivity index (χ1) is 12.8. The van der Waals surface area contributed by atoms with E-state index in [1.165, 1.54) is 37.4 Å². The zero-order valence-electron chi connectivity index (χ0n) is 15.5. The van der Waals surface area contributed by atoms with Gasteiger partial charge in [-0.1, -0.05) is 13.8 Å². The Balaban J connectivity index is 1.96. The monoisotopic (exact) mass is 389 g/mol. The fourth-order valence-electron chi connectivity index (χ4n) is 2.06. The minimum atomic E-state index is -3.79. The van der Waals surface area contributed by atoms with Gasteiger partial charge in [-0.3, -0.25) is 4.79 Å². The second kappa shape index (κ2) is 9.18. The highest BCUT2D eigenvalue weighted by Crippen LogP contribution is 2.14. The standard InChI is InChI=1S/C19H23N3O4S/c1-14(2)13-26-18-8-4-16(5-9-18)12-20-22-27(24,25)19-10-6-17(7-11-19)21-15(3)23/h4-12,14,22H,13H2,1-3H3,(H,21,23)/b20-12+. The maximum absolute atomic E-state index is 12.2. The number of anilines is 1. The molecule has 2 N–H and O–H groups in total. The third-order valence-electron chi connectivity index (χ3n) is 3.33. The Labute approximate surface area is 159 Å². The van der Waals surface area contributed by atoms with Crippen LogP contribution in [0, 0.1) is 5.92 Å². The quantitative estimate of drug-likeness (QED) is 0.536. The molecule has 0 saturated heterocycles. The number of rotatable bonds is 8. The molecule has 2 aromatic carbocycles. The van der Waals surface area contributed by atoms with Crippen LogP contribution in [-0.4, -0.2) is 27.1 Å². The van der Waals surface area contributed by atoms with Crippen molar-refractivity contribution in [2.45, 2.75) is 25.7 Å². The van der Waals surface area contributed by atoms with Gasteiger partial charge in [-0.15, -0.1) is 0 Å². The van der Waals surface area contributed by atoms with Crippen molar-refractivity contribution in [3.63, 3.8) is 0 Å². The molecule has 0 bridgehead atoms. The van der Waals surface area contributed by atoms with Crippen LogP contribution in [0.3, 0.4) is 0 Å². The molecule has 2 rings (SSSR count). The molecule has 0 radical (unpaired) electrons. The van der Waals surface area contributed by atoms with Crippen LogP contribution in [0.4, 0.5) is 5.69 Å². The molecule has 0 aliphatic rings. The van der Waals surface area contributed by atoms with Gasteiger partial charge in [-0.05, 0) is 60.0 Å². The minimum Gasteiger partial charge on any atom is -0.493 e. The van der Waals surface area contributed by atoms with Gasteiger partial charge in [-0.25, -0.2) is 4.83 Å². The SMILES string of the molecule is CC(=O)Nc1ccc(S(=O)(=O)N/N=C/c2ccc(OCC(C)C)cc2)cc1. The van der Waals surface area contributed by atoms with Crippen molar-refractivity contribution >= 4 is 27.8 Å². The molecule has 0 aliphatic heterocycles. The van der Waals surface area contributed by atoms with Gasteiger partial charge in [-0.2, -0.15) is 13.5 Å². The van der Waals surface area contributed by atoms with Crippen molar-refractivity contribution in [3.05, 3.63) is 54.1 Å². The van der Waals surface area contributed by atoms with Gasteiger partial charge in [0, 0.05) is 12.6 Å². The number of ether oxygens (including phenoxy) is 1. The van der Waals surface area contributed by atoms with Crippen LogP contribution in [0.5, 0.6) is 5.75 Å². The summed E-state index contributed by atoms with van der Waals surface area (Å²) >= 11 is 0. The van der Waals surface area contributed by atoms with Gasteiger partial charge in [0.15, 0.2) is 0 Å². The molecule has 0 unspecified atom stereocenters. The number of carbonyl (C=O) groups excluding carboxylic acids is 1. The summed E-state index contributed by atoms with van der Waals surface area (Å²) in [6, 6.07) is 13.0. The van der Waals surface area contributed by atoms with E-state index in [4.69, 9.17) is 4.74 Å². The van der Waals surface area contributed by atoms with Gasteiger partial charge < -0.3 is 10.1 Å². The molecule has 27 heavy (non-hydrogen) atoms. The number of hydrogen-bond donors (Lipinski definition) is 2. The smallest absolute Gasteiger partial charge is 0.276 e. The molecule has 7 nitrogen and oxygen atoms in total. The van der Waals surface area contributed by atoms with E-state index in [-0.39, 0.29) is 10.8 Å². The van der Waals surface area contributed by atoms with E-state index in [9.17, 15) is 13.2 Å². The van der Waals surface area contributed by atoms with Gasteiger partial charge in [0.05, 0.1) is 17.7 Å². The lowest BCUT2D eigenvalue weighted by atomic mass is 10.2. The van der Waals surface area contributed by atoms with Crippen molar-refractivity contribution in [1.82, 2.24) is 4.83 Å². The van der Waals surface area contributed by atoms with E-state index in [1.807, 2.05) is 0 Å². The zero-order valence-corrected chi connectivity index (χ0v) is 16.3. The Morgan fingerprint density at radius 1 is 1.11 bits per heavy atom. The first kappa shape index (κ1) is 20.4. The molecule has 2 aromatic rings. The summed E-state index contributed by atoms with van der Waals surface area (Å²) in [6.45, 7) is 6.15. The molecular formula is C19H23N3O4S. The maximum atomic E-state index is 12.2. The molecule has 0 atom stereocenters. The van der Waals surface area contributed by atoms with E-state index >= 15 is 0 Å². The fourth-order valence-corrected chi connectivity index (χ4v) is 2.85. The summed E-state index contributed by atoms with van der Waals surface area (Å²) in [6.07, 6.45) is 1.41. The minimum absolute atomic E-state index is 0.0474. The normalized spacial score (nSPS) is 11.6. The summed E-state index contributed by atoms with van der Waals surface area (Å²) in [7, 11) is -3.79. The number of amides is 1. The molecule has 144 valence electrons. The molecule has 0 fully saturated rings. The third kappa shape index (κ3) is 6.74. The van der Waals surface area contributed by atoms with Crippen molar-refractivity contribution in [2.75, 3.05) is 11.9 Å². The van der Waals surface area contributed by atoms with Crippen LogP contribution in [-0.2, 0) is 14.8 Å². The zero-order chi connectivity index (χ0) is 19.9. The second-order valence-corrected chi connectivity index (χ2v) is 7.99. The van der Waals surface area contributed by atoms with Crippen LogP contribution < -0.4 is 14.9 Å². The van der Waals surface area contributed by atoms with Crippen molar-refractivity contribution in [1.29, 1.82) is 0 Å². The lowest BCUT2D eigenvalue weighted by Gasteiger charge is -2.08. The largest absolute Gasteiger partial charge is 0.493 e. The number of nitrogens with zero attached hydrogens (tertiary/aromatic N) is 1. The summed E-state index contributed by atoms with van der Waals surface area (Å²) < 4.78 is 30.0. The highest BCUT2D eigenvalue weighted by Gasteiger charge is 2.12. The average molecular weight is 389 g/mol. The Morgan fingerprint density at radius 2 is 1.74 bits per heavy atom. The first-order valence-electron chi connectivity index (χ1n) is 8.41. The van der Waals surface area contributed by atoms with Crippen LogP contribution in [0.2, 0.25) is 0 Å². The number of nitrogens with one attached hydrogen (secondary N) is 2. The van der Waals surface area contributed by atoms with Gasteiger partial charge in [0.25, 0.3) is 10.0 Å².